The Kier molecular flexibility index (Phi) is 9.04. The molecule has 1 amide bonds. The minimum atomic E-state index is -0.802. The molecule has 1 atom stereocenters. The Morgan fingerprint density at radius 2 is 1.62 bits per heavy atom. The Bertz CT molecular complexity index is 1390. The highest BCUT2D eigenvalue weighted by Gasteiger charge is 2.47. The zero-order chi connectivity index (χ0) is 28.7. The first-order valence-electron chi connectivity index (χ1n) is 13.0. The molecule has 3 N–H and O–H groups in total. The number of amides is 1. The maximum atomic E-state index is 14.0. The van der Waals surface area contributed by atoms with Crippen LogP contribution < -0.4 is 25.3 Å². The number of carbonyl (C=O) groups excluding carboxylic acids is 2. The van der Waals surface area contributed by atoms with Crippen LogP contribution in [0.1, 0.15) is 36.0 Å². The summed E-state index contributed by atoms with van der Waals surface area (Å²) in [4.78, 5) is 30.8. The molecule has 40 heavy (non-hydrogen) atoms. The number of guanidine groups is 1. The number of Topliss-reactive ketones (excluding diaryl/α,β-unsaturated/α-hetero) is 1. The number of aliphatic imine (C=N–C) groups is 1. The average molecular weight is 548 g/mol. The molecule has 1 saturated carbocycles. The van der Waals surface area contributed by atoms with E-state index >= 15 is 0 Å². The van der Waals surface area contributed by atoms with Crippen LogP contribution in [-0.4, -0.2) is 45.0 Å². The number of nitrogens with one attached hydrogen (secondary N) is 1. The molecule has 0 aliphatic heterocycles. The maximum Gasteiger partial charge on any atom is 0.231 e. The zero-order valence-electron chi connectivity index (χ0n) is 22.9. The molecule has 3 aromatic carbocycles. The van der Waals surface area contributed by atoms with Gasteiger partial charge >= 0.3 is 0 Å². The van der Waals surface area contributed by atoms with Crippen LogP contribution in [0.25, 0.3) is 0 Å². The lowest BCUT2D eigenvalue weighted by Crippen LogP contribution is -2.40. The highest BCUT2D eigenvalue weighted by Crippen LogP contribution is 2.52. The van der Waals surface area contributed by atoms with Crippen LogP contribution in [-0.2, 0) is 27.8 Å². The second-order valence-electron chi connectivity index (χ2n) is 9.91. The van der Waals surface area contributed by atoms with E-state index in [0.717, 1.165) is 24.0 Å². The first kappa shape index (κ1) is 28.6. The summed E-state index contributed by atoms with van der Waals surface area (Å²) in [6.07, 6.45) is 2.17. The summed E-state index contributed by atoms with van der Waals surface area (Å²) in [5, 5.41) is 2.60. The van der Waals surface area contributed by atoms with E-state index in [9.17, 15) is 14.0 Å². The molecule has 0 bridgehead atoms. The summed E-state index contributed by atoms with van der Waals surface area (Å²) in [5.41, 5.74) is 8.21. The number of nitrogens with two attached hydrogens (primary N) is 1. The van der Waals surface area contributed by atoms with Crippen LogP contribution in [0.3, 0.4) is 0 Å². The predicted octanol–water partition coefficient (Wildman–Crippen LogP) is 4.13. The van der Waals surface area contributed by atoms with Crippen LogP contribution >= 0.6 is 0 Å². The number of nitrogens with zero attached hydrogens (tertiary/aromatic N) is 1. The average Bonchev–Trinajstić information content (AvgIpc) is 3.73. The first-order chi connectivity index (χ1) is 19.3. The van der Waals surface area contributed by atoms with Crippen LogP contribution in [0.15, 0.2) is 71.7 Å². The topological polar surface area (TPSA) is 112 Å². The summed E-state index contributed by atoms with van der Waals surface area (Å²) in [7, 11) is 4.48. The number of hydrogen-bond acceptors (Lipinski definition) is 6. The number of benzene rings is 3. The number of rotatable bonds is 12. The maximum absolute atomic E-state index is 14.0. The number of hydrogen-bond donors (Lipinski definition) is 2. The summed E-state index contributed by atoms with van der Waals surface area (Å²) >= 11 is 0. The van der Waals surface area contributed by atoms with E-state index < -0.39 is 17.3 Å². The van der Waals surface area contributed by atoms with Crippen LogP contribution in [0, 0.1) is 5.82 Å². The fraction of sp³-hybridized carbons (Fsp3) is 0.323. The standard InChI is InChI=1S/C31H34FN3O5/c1-38-26-12-9-21(16-28(26)40-3)17-29(37)35-30(33)34-24(15-20-7-5-4-6-8-20)25(36)19-31(13-14-31)22-10-11-23(32)27(18-22)39-2/h4-12,16,18,24H,13-15,17,19H2,1-3H3,(H3,33,34,35,37)/t24-/m1/s1. The fourth-order valence-corrected chi connectivity index (χ4v) is 4.79. The van der Waals surface area contributed by atoms with Gasteiger partial charge in [-0.15, -0.1) is 0 Å². The molecule has 210 valence electrons. The van der Waals surface area contributed by atoms with Crippen molar-refractivity contribution in [2.75, 3.05) is 21.3 Å². The third kappa shape index (κ3) is 6.97. The molecule has 3 aromatic rings. The molecule has 1 aliphatic rings. The van der Waals surface area contributed by atoms with Gasteiger partial charge in [-0.3, -0.25) is 14.9 Å². The number of ketones is 1. The summed E-state index contributed by atoms with van der Waals surface area (Å²) in [5.74, 6) is 0.151. The van der Waals surface area contributed by atoms with Gasteiger partial charge in [0.25, 0.3) is 0 Å². The fourth-order valence-electron chi connectivity index (χ4n) is 4.79. The van der Waals surface area contributed by atoms with Gasteiger partial charge in [0.05, 0.1) is 27.8 Å². The van der Waals surface area contributed by atoms with Crippen molar-refractivity contribution in [2.24, 2.45) is 10.7 Å². The molecule has 9 heteroatoms. The monoisotopic (exact) mass is 547 g/mol. The number of carbonyl (C=O) groups is 2. The lowest BCUT2D eigenvalue weighted by Gasteiger charge is -2.20. The second kappa shape index (κ2) is 12.6. The number of ether oxygens (including phenoxy) is 3. The van der Waals surface area contributed by atoms with Crippen LogP contribution in [0.4, 0.5) is 4.39 Å². The zero-order valence-corrected chi connectivity index (χ0v) is 22.9. The normalized spacial score (nSPS) is 14.7. The summed E-state index contributed by atoms with van der Waals surface area (Å²) in [6.45, 7) is 0. The molecule has 0 saturated heterocycles. The van der Waals surface area contributed by atoms with Gasteiger partial charge in [-0.25, -0.2) is 9.38 Å². The van der Waals surface area contributed by atoms with Crippen molar-refractivity contribution >= 4 is 17.6 Å². The Morgan fingerprint density at radius 1 is 0.925 bits per heavy atom. The Hall–Kier alpha value is -4.40. The Morgan fingerprint density at radius 3 is 2.27 bits per heavy atom. The molecule has 0 heterocycles. The van der Waals surface area contributed by atoms with Crippen molar-refractivity contribution in [3.05, 3.63) is 89.2 Å². The molecule has 8 nitrogen and oxygen atoms in total. The van der Waals surface area contributed by atoms with E-state index in [0.29, 0.717) is 23.5 Å². The van der Waals surface area contributed by atoms with Gasteiger partial charge in [0, 0.05) is 18.3 Å². The minimum absolute atomic E-state index is 0.0311. The molecule has 4 rings (SSSR count). The number of halogens is 1. The molecular weight excluding hydrogens is 513 g/mol. The summed E-state index contributed by atoms with van der Waals surface area (Å²) < 4.78 is 29.7. The summed E-state index contributed by atoms with van der Waals surface area (Å²) in [6, 6.07) is 18.6. The van der Waals surface area contributed by atoms with Gasteiger partial charge in [-0.05, 0) is 53.8 Å². The van der Waals surface area contributed by atoms with Crippen molar-refractivity contribution in [2.45, 2.75) is 43.6 Å². The van der Waals surface area contributed by atoms with Crippen molar-refractivity contribution in [3.8, 4) is 17.2 Å². The van der Waals surface area contributed by atoms with Crippen molar-refractivity contribution in [1.82, 2.24) is 5.32 Å². The molecule has 1 fully saturated rings. The third-order valence-corrected chi connectivity index (χ3v) is 7.15. The Balaban J connectivity index is 1.50. The molecule has 0 aromatic heterocycles. The van der Waals surface area contributed by atoms with Gasteiger partial charge in [-0.1, -0.05) is 42.5 Å². The van der Waals surface area contributed by atoms with E-state index in [1.807, 2.05) is 30.3 Å². The molecule has 0 spiro atoms. The smallest absolute Gasteiger partial charge is 0.231 e. The predicted molar refractivity (Wildman–Crippen MR) is 150 cm³/mol. The van der Waals surface area contributed by atoms with Crippen LogP contribution in [0.2, 0.25) is 0 Å². The minimum Gasteiger partial charge on any atom is -0.494 e. The van der Waals surface area contributed by atoms with Crippen LogP contribution in [0.5, 0.6) is 17.2 Å². The SMILES string of the molecule is COc1cc(C2(CC(=O)[C@@H](Cc3ccccc3)N=C(N)NC(=O)Cc3ccc(OC)c(OC)c3)CC2)ccc1F. The van der Waals surface area contributed by atoms with Gasteiger partial charge in [0.1, 0.15) is 6.04 Å². The van der Waals surface area contributed by atoms with E-state index in [4.69, 9.17) is 19.9 Å². The van der Waals surface area contributed by atoms with E-state index in [1.165, 1.54) is 27.4 Å². The van der Waals surface area contributed by atoms with Gasteiger partial charge in [0.15, 0.2) is 34.8 Å². The van der Waals surface area contributed by atoms with Crippen molar-refractivity contribution in [1.29, 1.82) is 0 Å². The lowest BCUT2D eigenvalue weighted by molar-refractivity contribution is -0.121. The van der Waals surface area contributed by atoms with E-state index in [2.05, 4.69) is 10.3 Å². The van der Waals surface area contributed by atoms with Gasteiger partial charge in [-0.2, -0.15) is 0 Å². The highest BCUT2D eigenvalue weighted by molar-refractivity contribution is 5.98. The van der Waals surface area contributed by atoms with E-state index in [-0.39, 0.29) is 36.2 Å². The molecule has 1 aliphatic carbocycles. The molecular formula is C31H34FN3O5. The quantitative estimate of drug-likeness (QED) is 0.261. The number of methoxy groups -OCH3 is 3. The highest BCUT2D eigenvalue weighted by atomic mass is 19.1. The first-order valence-corrected chi connectivity index (χ1v) is 13.0. The van der Waals surface area contributed by atoms with Gasteiger partial charge < -0.3 is 19.9 Å². The van der Waals surface area contributed by atoms with Crippen molar-refractivity contribution < 1.29 is 28.2 Å². The molecule has 0 radical (unpaired) electrons. The molecule has 0 unspecified atom stereocenters. The third-order valence-electron chi connectivity index (χ3n) is 7.15. The van der Waals surface area contributed by atoms with E-state index in [1.54, 1.807) is 30.3 Å². The van der Waals surface area contributed by atoms with Crippen molar-refractivity contribution in [3.63, 3.8) is 0 Å². The Labute approximate surface area is 233 Å². The largest absolute Gasteiger partial charge is 0.494 e. The second-order valence-corrected chi connectivity index (χ2v) is 9.91. The lowest BCUT2D eigenvalue weighted by atomic mass is 9.87. The van der Waals surface area contributed by atoms with Gasteiger partial charge in [0.2, 0.25) is 5.91 Å².